The summed E-state index contributed by atoms with van der Waals surface area (Å²) in [6.07, 6.45) is 1.94. The number of para-hydroxylation sites is 1. The molecule has 7 nitrogen and oxygen atoms in total. The lowest BCUT2D eigenvalue weighted by Gasteiger charge is -2.32. The summed E-state index contributed by atoms with van der Waals surface area (Å²) < 4.78 is 2.75. The summed E-state index contributed by atoms with van der Waals surface area (Å²) in [5.41, 5.74) is 2.39. The number of aromatic nitrogens is 4. The third-order valence-electron chi connectivity index (χ3n) is 5.54. The van der Waals surface area contributed by atoms with Crippen LogP contribution in [0.1, 0.15) is 39.8 Å². The number of nitrogens with zero attached hydrogens (tertiary/aromatic N) is 4. The number of H-pyrrole nitrogens is 1. The number of hydrogen-bond acceptors (Lipinski definition) is 5. The fraction of sp³-hybridized carbons (Fsp3) is 0.333. The number of aromatic amines is 1. The molecule has 4 heterocycles. The molecule has 148 valence electrons. The van der Waals surface area contributed by atoms with E-state index >= 15 is 0 Å². The van der Waals surface area contributed by atoms with Crippen molar-refractivity contribution in [2.45, 2.75) is 25.7 Å². The first kappa shape index (κ1) is 18.1. The number of pyridine rings is 1. The lowest BCUT2D eigenvalue weighted by molar-refractivity contribution is 0.0709. The van der Waals surface area contributed by atoms with E-state index in [2.05, 4.69) is 16.1 Å². The van der Waals surface area contributed by atoms with Crippen molar-refractivity contribution in [3.8, 4) is 0 Å². The SMILES string of the molecule is Cc1cc(C(=O)N2CCCC(c3nc4ccccc4s3)C2)c2c(=O)[nH]n(C)c2n1. The van der Waals surface area contributed by atoms with Crippen molar-refractivity contribution >= 4 is 38.5 Å². The molecule has 0 aliphatic carbocycles. The van der Waals surface area contributed by atoms with Crippen LogP contribution in [0, 0.1) is 6.92 Å². The molecule has 1 atom stereocenters. The quantitative estimate of drug-likeness (QED) is 0.553. The van der Waals surface area contributed by atoms with Gasteiger partial charge in [-0.15, -0.1) is 11.3 Å². The van der Waals surface area contributed by atoms with Crippen molar-refractivity contribution in [2.24, 2.45) is 7.05 Å². The third-order valence-corrected chi connectivity index (χ3v) is 6.74. The number of fused-ring (bicyclic) bond motifs is 2. The van der Waals surface area contributed by atoms with Gasteiger partial charge in [0.05, 0.1) is 26.2 Å². The molecule has 1 aromatic carbocycles. The number of amides is 1. The molecule has 0 bridgehead atoms. The normalized spacial score (nSPS) is 17.3. The first-order valence-electron chi connectivity index (χ1n) is 9.72. The van der Waals surface area contributed by atoms with E-state index in [9.17, 15) is 9.59 Å². The first-order chi connectivity index (χ1) is 14.0. The van der Waals surface area contributed by atoms with Crippen molar-refractivity contribution in [1.82, 2.24) is 24.6 Å². The lowest BCUT2D eigenvalue weighted by Crippen LogP contribution is -2.39. The fourth-order valence-electron chi connectivity index (χ4n) is 4.15. The van der Waals surface area contributed by atoms with Gasteiger partial charge in [0.25, 0.3) is 11.5 Å². The second kappa shape index (κ2) is 6.81. The number of carbonyl (C=O) groups is 1. The van der Waals surface area contributed by atoms with E-state index in [1.807, 2.05) is 30.0 Å². The molecule has 1 unspecified atom stereocenters. The molecule has 1 N–H and O–H groups in total. The molecule has 5 rings (SSSR count). The minimum atomic E-state index is -0.280. The van der Waals surface area contributed by atoms with E-state index in [1.165, 1.54) is 4.70 Å². The van der Waals surface area contributed by atoms with E-state index in [0.717, 1.165) is 29.1 Å². The Hall–Kier alpha value is -3.00. The van der Waals surface area contributed by atoms with Crippen molar-refractivity contribution < 1.29 is 4.79 Å². The van der Waals surface area contributed by atoms with Crippen LogP contribution < -0.4 is 5.56 Å². The predicted molar refractivity (Wildman–Crippen MR) is 114 cm³/mol. The molecular formula is C21H21N5O2S. The highest BCUT2D eigenvalue weighted by Gasteiger charge is 2.29. The Bertz CT molecular complexity index is 1270. The van der Waals surface area contributed by atoms with E-state index in [-0.39, 0.29) is 17.4 Å². The molecule has 1 aliphatic rings. The van der Waals surface area contributed by atoms with Gasteiger partial charge in [-0.3, -0.25) is 19.4 Å². The van der Waals surface area contributed by atoms with Gasteiger partial charge in [-0.1, -0.05) is 12.1 Å². The Labute approximate surface area is 171 Å². The van der Waals surface area contributed by atoms with E-state index < -0.39 is 0 Å². The monoisotopic (exact) mass is 407 g/mol. The molecule has 8 heteroatoms. The van der Waals surface area contributed by atoms with Crippen LogP contribution in [0.3, 0.4) is 0 Å². The summed E-state index contributed by atoms with van der Waals surface area (Å²) in [7, 11) is 1.73. The molecule has 29 heavy (non-hydrogen) atoms. The maximum atomic E-state index is 13.4. The summed E-state index contributed by atoms with van der Waals surface area (Å²) in [6.45, 7) is 3.15. The second-order valence-electron chi connectivity index (χ2n) is 7.62. The molecule has 1 saturated heterocycles. The minimum absolute atomic E-state index is 0.108. The Morgan fingerprint density at radius 1 is 1.28 bits per heavy atom. The molecule has 4 aromatic rings. The molecule has 1 aliphatic heterocycles. The fourth-order valence-corrected chi connectivity index (χ4v) is 5.24. The van der Waals surface area contributed by atoms with Crippen LogP contribution in [0.2, 0.25) is 0 Å². The van der Waals surface area contributed by atoms with E-state index in [1.54, 1.807) is 29.1 Å². The summed E-state index contributed by atoms with van der Waals surface area (Å²) in [5, 5.41) is 4.16. The average Bonchev–Trinajstić information content (AvgIpc) is 3.28. The van der Waals surface area contributed by atoms with Crippen LogP contribution in [0.15, 0.2) is 35.1 Å². The number of hydrogen-bond donors (Lipinski definition) is 1. The van der Waals surface area contributed by atoms with Gasteiger partial charge in [-0.2, -0.15) is 0 Å². The van der Waals surface area contributed by atoms with Crippen LogP contribution >= 0.6 is 11.3 Å². The zero-order chi connectivity index (χ0) is 20.1. The van der Waals surface area contributed by atoms with Gasteiger partial charge in [-0.05, 0) is 38.0 Å². The molecule has 0 radical (unpaired) electrons. The largest absolute Gasteiger partial charge is 0.338 e. The van der Waals surface area contributed by atoms with Crippen molar-refractivity contribution in [2.75, 3.05) is 13.1 Å². The van der Waals surface area contributed by atoms with Crippen LogP contribution in [-0.2, 0) is 7.05 Å². The van der Waals surface area contributed by atoms with E-state index in [4.69, 9.17) is 4.98 Å². The molecule has 0 spiro atoms. The number of piperidine rings is 1. The number of likely N-dealkylation sites (tertiary alicyclic amines) is 1. The summed E-state index contributed by atoms with van der Waals surface area (Å²) in [6, 6.07) is 9.85. The van der Waals surface area contributed by atoms with Gasteiger partial charge >= 0.3 is 0 Å². The molecule has 0 saturated carbocycles. The summed E-state index contributed by atoms with van der Waals surface area (Å²) >= 11 is 1.71. The maximum Gasteiger partial charge on any atom is 0.274 e. The number of benzene rings is 1. The highest BCUT2D eigenvalue weighted by atomic mass is 32.1. The van der Waals surface area contributed by atoms with Crippen LogP contribution in [-0.4, -0.2) is 43.6 Å². The van der Waals surface area contributed by atoms with Crippen LogP contribution in [0.5, 0.6) is 0 Å². The van der Waals surface area contributed by atoms with Crippen molar-refractivity contribution in [3.63, 3.8) is 0 Å². The van der Waals surface area contributed by atoms with Gasteiger partial charge in [-0.25, -0.2) is 9.97 Å². The van der Waals surface area contributed by atoms with Crippen molar-refractivity contribution in [3.05, 3.63) is 57.0 Å². The van der Waals surface area contributed by atoms with E-state index in [0.29, 0.717) is 29.7 Å². The summed E-state index contributed by atoms with van der Waals surface area (Å²) in [4.78, 5) is 36.9. The smallest absolute Gasteiger partial charge is 0.274 e. The molecule has 3 aromatic heterocycles. The number of nitrogens with one attached hydrogen (secondary N) is 1. The van der Waals surface area contributed by atoms with Gasteiger partial charge in [0, 0.05) is 31.7 Å². The minimum Gasteiger partial charge on any atom is -0.338 e. The van der Waals surface area contributed by atoms with Gasteiger partial charge < -0.3 is 4.90 Å². The number of rotatable bonds is 2. The van der Waals surface area contributed by atoms with Crippen molar-refractivity contribution in [1.29, 1.82) is 0 Å². The zero-order valence-electron chi connectivity index (χ0n) is 16.3. The Kier molecular flexibility index (Phi) is 4.24. The van der Waals surface area contributed by atoms with Gasteiger partial charge in [0.2, 0.25) is 0 Å². The lowest BCUT2D eigenvalue weighted by atomic mass is 9.97. The topological polar surface area (TPSA) is 83.9 Å². The second-order valence-corrected chi connectivity index (χ2v) is 8.68. The zero-order valence-corrected chi connectivity index (χ0v) is 17.1. The molecular weight excluding hydrogens is 386 g/mol. The highest BCUT2D eigenvalue weighted by molar-refractivity contribution is 7.18. The Balaban J connectivity index is 1.49. The van der Waals surface area contributed by atoms with Crippen LogP contribution in [0.4, 0.5) is 0 Å². The molecule has 1 fully saturated rings. The Morgan fingerprint density at radius 2 is 2.10 bits per heavy atom. The first-order valence-corrected chi connectivity index (χ1v) is 10.5. The maximum absolute atomic E-state index is 13.4. The van der Waals surface area contributed by atoms with Gasteiger partial charge in [0.15, 0.2) is 5.65 Å². The number of aryl methyl sites for hydroxylation is 2. The summed E-state index contributed by atoms with van der Waals surface area (Å²) in [5.74, 6) is 0.112. The van der Waals surface area contributed by atoms with Gasteiger partial charge in [0.1, 0.15) is 0 Å². The number of thiazole rings is 1. The van der Waals surface area contributed by atoms with Crippen LogP contribution in [0.25, 0.3) is 21.3 Å². The standard InChI is InChI=1S/C21H21N5O2S/c1-12-10-14(17-18(22-12)25(2)24-19(17)27)21(28)26-9-5-6-13(11-26)20-23-15-7-3-4-8-16(15)29-20/h3-4,7-8,10,13H,5-6,9,11H2,1-2H3,(H,24,27). The predicted octanol–water partition coefficient (Wildman–Crippen LogP) is 3.20. The average molecular weight is 407 g/mol. The molecule has 1 amide bonds. The third kappa shape index (κ3) is 3.04. The number of carbonyl (C=O) groups excluding carboxylic acids is 1. The Morgan fingerprint density at radius 3 is 2.93 bits per heavy atom. The highest BCUT2D eigenvalue weighted by Crippen LogP contribution is 2.33.